The van der Waals surface area contributed by atoms with Gasteiger partial charge in [-0.3, -0.25) is 0 Å². The van der Waals surface area contributed by atoms with Crippen molar-refractivity contribution in [1.82, 2.24) is 10.2 Å². The first-order chi connectivity index (χ1) is 9.45. The third-order valence-electron chi connectivity index (χ3n) is 3.93. The average Bonchev–Trinajstić information content (AvgIpc) is 2.93. The molecule has 1 N–H and O–H groups in total. The molecule has 0 saturated carbocycles. The zero-order valence-electron chi connectivity index (χ0n) is 10.8. The lowest BCUT2D eigenvalue weighted by Crippen LogP contribution is -2.48. The summed E-state index contributed by atoms with van der Waals surface area (Å²) in [4.78, 5) is 13.7. The van der Waals surface area contributed by atoms with E-state index >= 15 is 0 Å². The topological polar surface area (TPSA) is 66.5 Å². The monoisotopic (exact) mass is 314 g/mol. The van der Waals surface area contributed by atoms with Crippen LogP contribution >= 0.6 is 11.6 Å². The highest BCUT2D eigenvalue weighted by atomic mass is 35.5. The summed E-state index contributed by atoms with van der Waals surface area (Å²) in [6.07, 6.45) is 0.580. The van der Waals surface area contributed by atoms with Gasteiger partial charge in [0.2, 0.25) is 0 Å². The van der Waals surface area contributed by atoms with Crippen molar-refractivity contribution in [2.45, 2.75) is 24.3 Å². The summed E-state index contributed by atoms with van der Waals surface area (Å²) in [5, 5.41) is 3.11. The highest BCUT2D eigenvalue weighted by Gasteiger charge is 2.49. The van der Waals surface area contributed by atoms with E-state index in [2.05, 4.69) is 5.32 Å². The van der Waals surface area contributed by atoms with Crippen molar-refractivity contribution < 1.29 is 13.2 Å². The molecule has 2 bridgehead atoms. The third kappa shape index (κ3) is 2.50. The van der Waals surface area contributed by atoms with Crippen LogP contribution in [0.1, 0.15) is 12.0 Å². The van der Waals surface area contributed by atoms with Gasteiger partial charge in [-0.25, -0.2) is 13.2 Å². The van der Waals surface area contributed by atoms with Crippen LogP contribution in [0.5, 0.6) is 0 Å². The van der Waals surface area contributed by atoms with E-state index in [1.54, 1.807) is 17.0 Å². The molecular weight excluding hydrogens is 300 g/mol. The van der Waals surface area contributed by atoms with Gasteiger partial charge in [0.05, 0.1) is 11.0 Å². The minimum absolute atomic E-state index is 0.103. The Bertz CT molecular complexity index is 630. The van der Waals surface area contributed by atoms with Gasteiger partial charge in [0.1, 0.15) is 0 Å². The average molecular weight is 315 g/mol. The van der Waals surface area contributed by atoms with Crippen molar-refractivity contribution in [3.05, 3.63) is 34.9 Å². The maximum absolute atomic E-state index is 12.1. The van der Waals surface area contributed by atoms with E-state index in [9.17, 15) is 13.2 Å². The van der Waals surface area contributed by atoms with E-state index in [-0.39, 0.29) is 23.1 Å². The Morgan fingerprint density at radius 2 is 2.05 bits per heavy atom. The zero-order valence-corrected chi connectivity index (χ0v) is 12.3. The summed E-state index contributed by atoms with van der Waals surface area (Å²) < 4.78 is 23.3. The number of nitrogens with one attached hydrogen (secondary N) is 1. The predicted octanol–water partition coefficient (Wildman–Crippen LogP) is 1.42. The third-order valence-corrected chi connectivity index (χ3v) is 6.39. The molecule has 0 radical (unpaired) electrons. The zero-order chi connectivity index (χ0) is 14.3. The Labute approximate surface area is 122 Å². The van der Waals surface area contributed by atoms with Crippen molar-refractivity contribution in [2.75, 3.05) is 12.3 Å². The van der Waals surface area contributed by atoms with Crippen molar-refractivity contribution in [3.63, 3.8) is 0 Å². The molecule has 2 aliphatic heterocycles. The Hall–Kier alpha value is -1.27. The highest BCUT2D eigenvalue weighted by molar-refractivity contribution is 7.92. The first kappa shape index (κ1) is 13.7. The van der Waals surface area contributed by atoms with Gasteiger partial charge in [0.15, 0.2) is 9.84 Å². The van der Waals surface area contributed by atoms with E-state index in [0.29, 0.717) is 24.5 Å². The molecule has 0 aliphatic carbocycles. The van der Waals surface area contributed by atoms with Gasteiger partial charge in [-0.15, -0.1) is 0 Å². The van der Waals surface area contributed by atoms with E-state index < -0.39 is 9.84 Å². The first-order valence-electron chi connectivity index (χ1n) is 6.46. The van der Waals surface area contributed by atoms with Gasteiger partial charge in [-0.05, 0) is 24.1 Å². The smallest absolute Gasteiger partial charge is 0.317 e. The number of urea groups is 1. The molecule has 2 saturated heterocycles. The minimum Gasteiger partial charge on any atom is -0.334 e. The molecule has 20 heavy (non-hydrogen) atoms. The normalized spacial score (nSPS) is 26.8. The number of benzene rings is 1. The maximum Gasteiger partial charge on any atom is 0.317 e. The van der Waals surface area contributed by atoms with E-state index in [4.69, 9.17) is 11.6 Å². The lowest BCUT2D eigenvalue weighted by Gasteiger charge is -2.27. The molecule has 2 amide bonds. The number of carbonyl (C=O) groups is 1. The summed E-state index contributed by atoms with van der Waals surface area (Å²) in [6, 6.07) is 6.89. The van der Waals surface area contributed by atoms with Crippen LogP contribution in [0.4, 0.5) is 4.79 Å². The second kappa shape index (κ2) is 4.93. The van der Waals surface area contributed by atoms with Crippen LogP contribution in [0.15, 0.2) is 24.3 Å². The highest BCUT2D eigenvalue weighted by Crippen LogP contribution is 2.32. The van der Waals surface area contributed by atoms with Crippen LogP contribution < -0.4 is 5.32 Å². The lowest BCUT2D eigenvalue weighted by molar-refractivity contribution is 0.195. The molecule has 108 valence electrons. The second-order valence-corrected chi connectivity index (χ2v) is 8.04. The van der Waals surface area contributed by atoms with Gasteiger partial charge < -0.3 is 10.2 Å². The Morgan fingerprint density at radius 3 is 2.60 bits per heavy atom. The standard InChI is InChI=1S/C13H15ClN2O3S/c14-10-3-1-9(2-4-10)6-15-13(17)16-7-12-5-11(16)8-20(12,18)19/h1-4,11-12H,5-8H2,(H,15,17). The van der Waals surface area contributed by atoms with Gasteiger partial charge in [-0.2, -0.15) is 0 Å². The SMILES string of the molecule is O=C(NCc1ccc(Cl)cc1)N1CC2CC1CS2(=O)=O. The van der Waals surface area contributed by atoms with Crippen LogP contribution in [0.25, 0.3) is 0 Å². The van der Waals surface area contributed by atoms with Crippen LogP contribution in [0.2, 0.25) is 5.02 Å². The molecule has 2 fully saturated rings. The van der Waals surface area contributed by atoms with Crippen molar-refractivity contribution in [3.8, 4) is 0 Å². The number of fused-ring (bicyclic) bond motifs is 2. The molecule has 1 aromatic carbocycles. The molecule has 0 spiro atoms. The number of hydrogen-bond acceptors (Lipinski definition) is 3. The van der Waals surface area contributed by atoms with E-state index in [1.165, 1.54) is 0 Å². The predicted molar refractivity (Wildman–Crippen MR) is 76.4 cm³/mol. The van der Waals surface area contributed by atoms with Gasteiger partial charge in [0, 0.05) is 24.2 Å². The number of halogens is 1. The minimum atomic E-state index is -2.96. The van der Waals surface area contributed by atoms with E-state index in [1.807, 2.05) is 12.1 Å². The van der Waals surface area contributed by atoms with Gasteiger partial charge in [-0.1, -0.05) is 23.7 Å². The number of hydrogen-bond donors (Lipinski definition) is 1. The first-order valence-corrected chi connectivity index (χ1v) is 8.55. The summed E-state index contributed by atoms with van der Waals surface area (Å²) in [6.45, 7) is 0.732. The van der Waals surface area contributed by atoms with E-state index in [0.717, 1.165) is 5.56 Å². The Morgan fingerprint density at radius 1 is 1.35 bits per heavy atom. The molecule has 5 nitrogen and oxygen atoms in total. The van der Waals surface area contributed by atoms with Crippen molar-refractivity contribution >= 4 is 27.5 Å². The molecular formula is C13H15ClN2O3S. The van der Waals surface area contributed by atoms with Crippen LogP contribution in [0, 0.1) is 0 Å². The van der Waals surface area contributed by atoms with Crippen molar-refractivity contribution in [2.24, 2.45) is 0 Å². The summed E-state index contributed by atoms with van der Waals surface area (Å²) in [7, 11) is -2.96. The number of likely N-dealkylation sites (tertiary alicyclic amines) is 1. The molecule has 7 heteroatoms. The van der Waals surface area contributed by atoms with Crippen LogP contribution in [-0.2, 0) is 16.4 Å². The summed E-state index contributed by atoms with van der Waals surface area (Å²) >= 11 is 5.80. The number of carbonyl (C=O) groups excluding carboxylic acids is 1. The molecule has 2 atom stereocenters. The van der Waals surface area contributed by atoms with Crippen molar-refractivity contribution in [1.29, 1.82) is 0 Å². The second-order valence-electron chi connectivity index (χ2n) is 5.28. The molecule has 1 aromatic rings. The van der Waals surface area contributed by atoms with Gasteiger partial charge >= 0.3 is 6.03 Å². The quantitative estimate of drug-likeness (QED) is 0.898. The van der Waals surface area contributed by atoms with Gasteiger partial charge in [0.25, 0.3) is 0 Å². The molecule has 2 aliphatic rings. The number of rotatable bonds is 2. The Kier molecular flexibility index (Phi) is 3.38. The fraction of sp³-hybridized carbons (Fsp3) is 0.462. The fourth-order valence-corrected chi connectivity index (χ4v) is 4.98. The Balaban J connectivity index is 1.58. The molecule has 3 rings (SSSR count). The fourth-order valence-electron chi connectivity index (χ4n) is 2.83. The summed E-state index contributed by atoms with van der Waals surface area (Å²) in [5.41, 5.74) is 0.958. The molecule has 2 unspecified atom stereocenters. The number of sulfone groups is 1. The molecule has 0 aromatic heterocycles. The molecule has 2 heterocycles. The summed E-state index contributed by atoms with van der Waals surface area (Å²) in [5.74, 6) is 0.103. The lowest BCUT2D eigenvalue weighted by atomic mass is 10.2. The van der Waals surface area contributed by atoms with Crippen LogP contribution in [0.3, 0.4) is 0 Å². The maximum atomic E-state index is 12.1. The number of nitrogens with zero attached hydrogens (tertiary/aromatic N) is 1. The van der Waals surface area contributed by atoms with Crippen LogP contribution in [-0.4, -0.2) is 42.9 Å². The number of amides is 2. The largest absolute Gasteiger partial charge is 0.334 e.